The molecule has 0 atom stereocenters. The summed E-state index contributed by atoms with van der Waals surface area (Å²) in [5, 5.41) is 2.86. The highest BCUT2D eigenvalue weighted by Crippen LogP contribution is 2.09. The van der Waals surface area contributed by atoms with Crippen molar-refractivity contribution >= 4 is 40.1 Å². The largest absolute Gasteiger partial charge is 0.326 e. The van der Waals surface area contributed by atoms with Crippen LogP contribution in [-0.2, 0) is 9.59 Å². The van der Waals surface area contributed by atoms with Crippen molar-refractivity contribution in [3.05, 3.63) is 29.8 Å². The maximum absolute atomic E-state index is 11.3. The molecule has 1 amide bonds. The molecule has 1 N–H and O–H groups in total. The van der Waals surface area contributed by atoms with E-state index in [1.54, 1.807) is 19.1 Å². The van der Waals surface area contributed by atoms with E-state index >= 15 is 0 Å². The van der Waals surface area contributed by atoms with Gasteiger partial charge in [0, 0.05) is 42.6 Å². The molecule has 1 rings (SSSR count). The Kier molecular flexibility index (Phi) is 7.86. The number of benzene rings is 1. The van der Waals surface area contributed by atoms with Gasteiger partial charge >= 0.3 is 0 Å². The molecule has 20 heavy (non-hydrogen) atoms. The molecule has 1 aromatic rings. The summed E-state index contributed by atoms with van der Waals surface area (Å²) in [7, 11) is 0. The molecule has 0 saturated heterocycles. The van der Waals surface area contributed by atoms with Gasteiger partial charge in [-0.1, -0.05) is 23.6 Å². The van der Waals surface area contributed by atoms with E-state index in [-0.39, 0.29) is 11.0 Å². The van der Waals surface area contributed by atoms with Gasteiger partial charge in [0.2, 0.25) is 5.91 Å². The number of hydrogen-bond acceptors (Lipinski definition) is 3. The van der Waals surface area contributed by atoms with Crippen LogP contribution in [0.4, 0.5) is 5.69 Å². The zero-order chi connectivity index (χ0) is 14.8. The van der Waals surface area contributed by atoms with Crippen LogP contribution in [-0.4, -0.2) is 22.7 Å². The minimum Gasteiger partial charge on any atom is -0.326 e. The number of carbonyl (C=O) groups excluding carboxylic acids is 2. The maximum atomic E-state index is 11.3. The molecule has 106 valence electrons. The minimum absolute atomic E-state index is 0.0971. The Balaban J connectivity index is 2.44. The summed E-state index contributed by atoms with van der Waals surface area (Å²) >= 11 is 6.77. The van der Waals surface area contributed by atoms with E-state index in [1.807, 2.05) is 12.1 Å². The highest BCUT2D eigenvalue weighted by molar-refractivity contribution is 8.13. The molecule has 0 aliphatic rings. The van der Waals surface area contributed by atoms with Gasteiger partial charge in [-0.05, 0) is 24.3 Å². The first-order valence-corrected chi connectivity index (χ1v) is 7.72. The third kappa shape index (κ3) is 7.22. The molecule has 0 heterocycles. The number of alkyl halides is 1. The number of halogens is 1. The van der Waals surface area contributed by atoms with E-state index in [4.69, 9.17) is 11.6 Å². The fourth-order valence-corrected chi connectivity index (χ4v) is 2.02. The van der Waals surface area contributed by atoms with Crippen molar-refractivity contribution in [2.24, 2.45) is 0 Å². The van der Waals surface area contributed by atoms with Crippen molar-refractivity contribution in [2.75, 3.05) is 16.9 Å². The Morgan fingerprint density at radius 3 is 2.60 bits per heavy atom. The van der Waals surface area contributed by atoms with Crippen LogP contribution >= 0.6 is 23.4 Å². The van der Waals surface area contributed by atoms with E-state index in [2.05, 4.69) is 17.2 Å². The standard InChI is InChI=1S/C15H16ClNO2S/c1-12(18)20-11-3-2-4-13-5-7-14(8-6-13)17-15(19)9-10-16/h5-8H,3,9-11H2,1H3,(H,17,19). The number of nitrogens with one attached hydrogen (secondary N) is 1. The van der Waals surface area contributed by atoms with Crippen molar-refractivity contribution in [1.82, 2.24) is 0 Å². The average molecular weight is 310 g/mol. The highest BCUT2D eigenvalue weighted by Gasteiger charge is 2.00. The molecule has 1 aromatic carbocycles. The fourth-order valence-electron chi connectivity index (χ4n) is 1.36. The highest BCUT2D eigenvalue weighted by atomic mass is 35.5. The van der Waals surface area contributed by atoms with Gasteiger partial charge in [0.1, 0.15) is 0 Å². The summed E-state index contributed by atoms with van der Waals surface area (Å²) in [5.41, 5.74) is 1.62. The number of anilines is 1. The van der Waals surface area contributed by atoms with Crippen molar-refractivity contribution in [1.29, 1.82) is 0 Å². The zero-order valence-corrected chi connectivity index (χ0v) is 12.8. The van der Waals surface area contributed by atoms with Crippen LogP contribution in [0.5, 0.6) is 0 Å². The van der Waals surface area contributed by atoms with Gasteiger partial charge in [0.15, 0.2) is 5.12 Å². The van der Waals surface area contributed by atoms with Crippen LogP contribution < -0.4 is 5.32 Å². The second-order valence-corrected chi connectivity index (χ2v) is 5.61. The van der Waals surface area contributed by atoms with E-state index in [9.17, 15) is 9.59 Å². The first-order valence-electron chi connectivity index (χ1n) is 6.20. The maximum Gasteiger partial charge on any atom is 0.225 e. The van der Waals surface area contributed by atoms with Gasteiger partial charge in [-0.3, -0.25) is 9.59 Å². The van der Waals surface area contributed by atoms with Crippen molar-refractivity contribution in [2.45, 2.75) is 19.8 Å². The summed E-state index contributed by atoms with van der Waals surface area (Å²) in [6.07, 6.45) is 0.982. The number of rotatable bonds is 5. The summed E-state index contributed by atoms with van der Waals surface area (Å²) in [6.45, 7) is 1.55. The SMILES string of the molecule is CC(=O)SCCC#Cc1ccc(NC(=O)CCCl)cc1. The van der Waals surface area contributed by atoms with Gasteiger partial charge in [-0.25, -0.2) is 0 Å². The van der Waals surface area contributed by atoms with Gasteiger partial charge in [-0.2, -0.15) is 0 Å². The third-order valence-corrected chi connectivity index (χ3v) is 3.26. The normalized spacial score (nSPS) is 9.50. The molecule has 5 heteroatoms. The predicted octanol–water partition coefficient (Wildman–Crippen LogP) is 3.28. The Labute approximate surface area is 128 Å². The molecule has 0 radical (unpaired) electrons. The van der Waals surface area contributed by atoms with Crippen molar-refractivity contribution in [3.8, 4) is 11.8 Å². The minimum atomic E-state index is -0.0971. The zero-order valence-electron chi connectivity index (χ0n) is 11.2. The molecular formula is C15H16ClNO2S. The lowest BCUT2D eigenvalue weighted by atomic mass is 10.2. The van der Waals surface area contributed by atoms with Gasteiger partial charge in [0.25, 0.3) is 0 Å². The van der Waals surface area contributed by atoms with E-state index < -0.39 is 0 Å². The molecule has 0 aliphatic carbocycles. The molecule has 0 saturated carbocycles. The summed E-state index contributed by atoms with van der Waals surface area (Å²) < 4.78 is 0. The Morgan fingerprint density at radius 1 is 1.30 bits per heavy atom. The Hall–Kier alpha value is -1.44. The summed E-state index contributed by atoms with van der Waals surface area (Å²) in [4.78, 5) is 22.1. The second-order valence-electron chi connectivity index (χ2n) is 3.96. The van der Waals surface area contributed by atoms with Gasteiger partial charge in [-0.15, -0.1) is 11.6 Å². The fraction of sp³-hybridized carbons (Fsp3) is 0.333. The Bertz CT molecular complexity index is 517. The number of hydrogen-bond donors (Lipinski definition) is 1. The number of amides is 1. The van der Waals surface area contributed by atoms with Crippen molar-refractivity contribution in [3.63, 3.8) is 0 Å². The van der Waals surface area contributed by atoms with E-state index in [0.29, 0.717) is 18.7 Å². The first kappa shape index (κ1) is 16.6. The first-order chi connectivity index (χ1) is 9.61. The average Bonchev–Trinajstić information content (AvgIpc) is 2.40. The lowest BCUT2D eigenvalue weighted by Crippen LogP contribution is -2.11. The van der Waals surface area contributed by atoms with Gasteiger partial charge in [0.05, 0.1) is 0 Å². The van der Waals surface area contributed by atoms with Gasteiger partial charge < -0.3 is 5.32 Å². The van der Waals surface area contributed by atoms with Crippen LogP contribution in [0.25, 0.3) is 0 Å². The van der Waals surface area contributed by atoms with Crippen molar-refractivity contribution < 1.29 is 9.59 Å². The molecule has 0 aliphatic heterocycles. The molecule has 0 fully saturated rings. The lowest BCUT2D eigenvalue weighted by Gasteiger charge is -2.03. The Morgan fingerprint density at radius 2 is 2.00 bits per heavy atom. The number of thioether (sulfide) groups is 1. The molecule has 0 bridgehead atoms. The molecule has 0 aromatic heterocycles. The molecule has 3 nitrogen and oxygen atoms in total. The topological polar surface area (TPSA) is 46.2 Å². The summed E-state index contributed by atoms with van der Waals surface area (Å²) in [5.74, 6) is 6.96. The number of carbonyl (C=O) groups is 2. The van der Waals surface area contributed by atoms with Crippen LogP contribution in [0.1, 0.15) is 25.3 Å². The monoisotopic (exact) mass is 309 g/mol. The second kappa shape index (κ2) is 9.46. The third-order valence-electron chi connectivity index (χ3n) is 2.26. The molecule has 0 spiro atoms. The molecular weight excluding hydrogens is 294 g/mol. The van der Waals surface area contributed by atoms with E-state index in [1.165, 1.54) is 11.8 Å². The summed E-state index contributed by atoms with van der Waals surface area (Å²) in [6, 6.07) is 7.31. The lowest BCUT2D eigenvalue weighted by molar-refractivity contribution is -0.115. The predicted molar refractivity (Wildman–Crippen MR) is 85.0 cm³/mol. The smallest absolute Gasteiger partial charge is 0.225 e. The van der Waals surface area contributed by atoms with Crippen LogP contribution in [0.3, 0.4) is 0 Å². The van der Waals surface area contributed by atoms with Crippen LogP contribution in [0.15, 0.2) is 24.3 Å². The molecule has 0 unspecified atom stereocenters. The van der Waals surface area contributed by atoms with Crippen LogP contribution in [0.2, 0.25) is 0 Å². The van der Waals surface area contributed by atoms with Crippen LogP contribution in [0, 0.1) is 11.8 Å². The van der Waals surface area contributed by atoms with E-state index in [0.717, 1.165) is 17.0 Å². The quantitative estimate of drug-likeness (QED) is 0.516.